The van der Waals surface area contributed by atoms with Crippen molar-refractivity contribution >= 4 is 22.8 Å². The van der Waals surface area contributed by atoms with Crippen LogP contribution in [0, 0.1) is 6.92 Å². The van der Waals surface area contributed by atoms with E-state index in [1.165, 1.54) is 0 Å². The van der Waals surface area contributed by atoms with Gasteiger partial charge in [-0.3, -0.25) is 4.57 Å². The SMILES string of the molecule is Cc1nc(Cl)c2ncn(C3(C)CC(O)C(C)(CO)O3)c2n1. The van der Waals surface area contributed by atoms with Crippen LogP contribution in [0.15, 0.2) is 6.33 Å². The summed E-state index contributed by atoms with van der Waals surface area (Å²) in [6, 6.07) is 0. The van der Waals surface area contributed by atoms with E-state index in [0.29, 0.717) is 23.4 Å². The molecule has 0 aliphatic carbocycles. The Morgan fingerprint density at radius 3 is 2.81 bits per heavy atom. The Bertz CT molecular complexity index is 706. The number of rotatable bonds is 2. The number of aliphatic hydroxyl groups excluding tert-OH is 2. The van der Waals surface area contributed by atoms with Crippen LogP contribution < -0.4 is 0 Å². The molecular formula is C13H17ClN4O3. The predicted octanol–water partition coefficient (Wildman–Crippen LogP) is 0.993. The van der Waals surface area contributed by atoms with Crippen molar-refractivity contribution < 1.29 is 14.9 Å². The molecule has 1 fully saturated rings. The maximum absolute atomic E-state index is 10.2. The number of imidazole rings is 1. The van der Waals surface area contributed by atoms with Crippen LogP contribution in [-0.4, -0.2) is 48.0 Å². The van der Waals surface area contributed by atoms with E-state index in [1.807, 2.05) is 6.92 Å². The van der Waals surface area contributed by atoms with Crippen molar-refractivity contribution in [3.8, 4) is 0 Å². The number of ether oxygens (including phenoxy) is 1. The molecule has 0 spiro atoms. The molecule has 2 aromatic rings. The predicted molar refractivity (Wildman–Crippen MR) is 75.9 cm³/mol. The summed E-state index contributed by atoms with van der Waals surface area (Å²) in [7, 11) is 0. The topological polar surface area (TPSA) is 93.3 Å². The molecule has 8 heteroatoms. The highest BCUT2D eigenvalue weighted by atomic mass is 35.5. The number of fused-ring (bicyclic) bond motifs is 1. The molecule has 0 saturated carbocycles. The third kappa shape index (κ3) is 2.12. The second-order valence-electron chi connectivity index (χ2n) is 5.82. The lowest BCUT2D eigenvalue weighted by Crippen LogP contribution is -2.41. The first-order valence-corrected chi connectivity index (χ1v) is 7.04. The van der Waals surface area contributed by atoms with Crippen LogP contribution >= 0.6 is 11.6 Å². The van der Waals surface area contributed by atoms with Gasteiger partial charge in [-0.2, -0.15) is 0 Å². The van der Waals surface area contributed by atoms with Gasteiger partial charge in [-0.1, -0.05) is 11.6 Å². The Labute approximate surface area is 126 Å². The Kier molecular flexibility index (Phi) is 3.21. The minimum atomic E-state index is -1.02. The van der Waals surface area contributed by atoms with Crippen LogP contribution in [0.4, 0.5) is 0 Å². The number of aromatic nitrogens is 4. The quantitative estimate of drug-likeness (QED) is 0.803. The zero-order valence-corrected chi connectivity index (χ0v) is 12.8. The van der Waals surface area contributed by atoms with Crippen molar-refractivity contribution in [3.05, 3.63) is 17.3 Å². The number of nitrogens with zero attached hydrogens (tertiary/aromatic N) is 4. The van der Waals surface area contributed by atoms with Gasteiger partial charge in [-0.05, 0) is 20.8 Å². The Morgan fingerprint density at radius 1 is 1.48 bits per heavy atom. The molecule has 0 amide bonds. The monoisotopic (exact) mass is 312 g/mol. The van der Waals surface area contributed by atoms with Gasteiger partial charge in [0, 0.05) is 6.42 Å². The van der Waals surface area contributed by atoms with Crippen molar-refractivity contribution in [1.82, 2.24) is 19.5 Å². The van der Waals surface area contributed by atoms with Gasteiger partial charge in [-0.25, -0.2) is 15.0 Å². The molecule has 3 unspecified atom stereocenters. The minimum absolute atomic E-state index is 0.273. The van der Waals surface area contributed by atoms with Crippen LogP contribution in [0.5, 0.6) is 0 Å². The summed E-state index contributed by atoms with van der Waals surface area (Å²) in [5.41, 5.74) is -0.851. The fraction of sp³-hybridized carbons (Fsp3) is 0.615. The van der Waals surface area contributed by atoms with Gasteiger partial charge in [0.2, 0.25) is 0 Å². The summed E-state index contributed by atoms with van der Waals surface area (Å²) >= 11 is 6.08. The van der Waals surface area contributed by atoms with Crippen molar-refractivity contribution in [3.63, 3.8) is 0 Å². The van der Waals surface area contributed by atoms with Gasteiger partial charge >= 0.3 is 0 Å². The second kappa shape index (κ2) is 4.61. The van der Waals surface area contributed by atoms with Gasteiger partial charge in [-0.15, -0.1) is 0 Å². The molecule has 3 atom stereocenters. The van der Waals surface area contributed by atoms with E-state index in [9.17, 15) is 10.2 Å². The van der Waals surface area contributed by atoms with E-state index >= 15 is 0 Å². The Hall–Kier alpha value is -1.28. The highest BCUT2D eigenvalue weighted by Gasteiger charge is 2.52. The van der Waals surface area contributed by atoms with E-state index in [2.05, 4.69) is 15.0 Å². The molecule has 1 aliphatic rings. The summed E-state index contributed by atoms with van der Waals surface area (Å²) < 4.78 is 7.68. The maximum atomic E-state index is 10.2. The van der Waals surface area contributed by atoms with E-state index < -0.39 is 17.4 Å². The lowest BCUT2D eigenvalue weighted by Gasteiger charge is -2.30. The second-order valence-corrected chi connectivity index (χ2v) is 6.17. The molecule has 1 saturated heterocycles. The molecule has 114 valence electrons. The van der Waals surface area contributed by atoms with Gasteiger partial charge in [0.25, 0.3) is 0 Å². The molecule has 3 rings (SSSR count). The minimum Gasteiger partial charge on any atom is -0.393 e. The first kappa shape index (κ1) is 14.6. The zero-order valence-electron chi connectivity index (χ0n) is 12.0. The fourth-order valence-corrected chi connectivity index (χ4v) is 3.04. The van der Waals surface area contributed by atoms with Crippen molar-refractivity contribution in [2.24, 2.45) is 0 Å². The van der Waals surface area contributed by atoms with Crippen molar-refractivity contribution in [2.75, 3.05) is 6.61 Å². The number of aliphatic hydroxyl groups is 2. The summed E-state index contributed by atoms with van der Waals surface area (Å²) in [4.78, 5) is 12.7. The molecule has 7 nitrogen and oxygen atoms in total. The summed E-state index contributed by atoms with van der Waals surface area (Å²) in [6.45, 7) is 4.97. The molecular weight excluding hydrogens is 296 g/mol. The first-order chi connectivity index (χ1) is 9.79. The smallest absolute Gasteiger partial charge is 0.167 e. The first-order valence-electron chi connectivity index (χ1n) is 6.66. The van der Waals surface area contributed by atoms with Crippen molar-refractivity contribution in [2.45, 2.75) is 44.6 Å². The molecule has 21 heavy (non-hydrogen) atoms. The largest absolute Gasteiger partial charge is 0.393 e. The van der Waals surface area contributed by atoms with E-state index in [0.717, 1.165) is 0 Å². The van der Waals surface area contributed by atoms with E-state index in [4.69, 9.17) is 16.3 Å². The molecule has 2 N–H and O–H groups in total. The average molecular weight is 313 g/mol. The third-order valence-corrected chi connectivity index (χ3v) is 4.28. The van der Waals surface area contributed by atoms with Crippen LogP contribution in [-0.2, 0) is 10.5 Å². The van der Waals surface area contributed by atoms with Gasteiger partial charge in [0.1, 0.15) is 22.7 Å². The average Bonchev–Trinajstić information content (AvgIpc) is 2.91. The van der Waals surface area contributed by atoms with Crippen LogP contribution in [0.2, 0.25) is 5.15 Å². The van der Waals surface area contributed by atoms with Gasteiger partial charge < -0.3 is 14.9 Å². The third-order valence-electron chi connectivity index (χ3n) is 4.02. The molecule has 0 bridgehead atoms. The number of halogens is 1. The summed E-state index contributed by atoms with van der Waals surface area (Å²) in [6.07, 6.45) is 1.10. The van der Waals surface area contributed by atoms with Crippen LogP contribution in [0.25, 0.3) is 11.2 Å². The molecule has 2 aromatic heterocycles. The summed E-state index contributed by atoms with van der Waals surface area (Å²) in [5, 5.41) is 19.9. The molecule has 0 radical (unpaired) electrons. The molecule has 3 heterocycles. The zero-order chi connectivity index (χ0) is 15.4. The van der Waals surface area contributed by atoms with E-state index in [1.54, 1.807) is 24.7 Å². The highest BCUT2D eigenvalue weighted by molar-refractivity contribution is 6.33. The van der Waals surface area contributed by atoms with Crippen LogP contribution in [0.1, 0.15) is 26.1 Å². The van der Waals surface area contributed by atoms with Gasteiger partial charge in [0.15, 0.2) is 10.8 Å². The number of aryl methyl sites for hydroxylation is 1. The lowest BCUT2D eigenvalue weighted by atomic mass is 9.99. The standard InChI is InChI=1S/C13H17ClN4O3/c1-7-16-10(14)9-11(17-7)18(6-15-9)13(3)4-8(20)12(2,5-19)21-13/h6,8,19-20H,4-5H2,1-3H3. The molecule has 0 aromatic carbocycles. The van der Waals surface area contributed by atoms with Crippen molar-refractivity contribution in [1.29, 1.82) is 0 Å². The number of hydrogen-bond acceptors (Lipinski definition) is 6. The fourth-order valence-electron chi connectivity index (χ4n) is 2.79. The maximum Gasteiger partial charge on any atom is 0.167 e. The normalized spacial score (nSPS) is 33.0. The Balaban J connectivity index is 2.13. The molecule has 1 aliphatic heterocycles. The van der Waals surface area contributed by atoms with Gasteiger partial charge in [0.05, 0.1) is 19.0 Å². The van der Waals surface area contributed by atoms with Crippen LogP contribution in [0.3, 0.4) is 0 Å². The lowest BCUT2D eigenvalue weighted by molar-refractivity contribution is -0.159. The van der Waals surface area contributed by atoms with E-state index in [-0.39, 0.29) is 11.8 Å². The number of hydrogen-bond donors (Lipinski definition) is 2. The highest BCUT2D eigenvalue weighted by Crippen LogP contribution is 2.42. The Morgan fingerprint density at radius 2 is 2.19 bits per heavy atom. The summed E-state index contributed by atoms with van der Waals surface area (Å²) in [5.74, 6) is 0.529.